The van der Waals surface area contributed by atoms with E-state index in [1.807, 2.05) is 37.4 Å². The van der Waals surface area contributed by atoms with Crippen molar-refractivity contribution in [2.24, 2.45) is 0 Å². The molecule has 35 heavy (non-hydrogen) atoms. The van der Waals surface area contributed by atoms with Crippen LogP contribution in [-0.4, -0.2) is 57.0 Å². The van der Waals surface area contributed by atoms with Crippen LogP contribution in [0.25, 0.3) is 0 Å². The SMILES string of the molecule is CC1=C(C(=O)O)C(c2cccc([N+](=O)[O-])c2)C(C(=O)O)=C(C)N1CCCN(C)Cc1ccccc1. The van der Waals surface area contributed by atoms with Crippen LogP contribution >= 0.6 is 0 Å². The summed E-state index contributed by atoms with van der Waals surface area (Å²) in [6.45, 7) is 5.24. The van der Waals surface area contributed by atoms with Crippen molar-refractivity contribution < 1.29 is 24.7 Å². The lowest BCUT2D eigenvalue weighted by Gasteiger charge is -2.37. The number of hydrogen-bond donors (Lipinski definition) is 2. The Morgan fingerprint density at radius 2 is 1.60 bits per heavy atom. The average molecular weight is 480 g/mol. The Bertz CT molecular complexity index is 1150. The van der Waals surface area contributed by atoms with E-state index in [4.69, 9.17) is 0 Å². The van der Waals surface area contributed by atoms with E-state index in [0.29, 0.717) is 24.4 Å². The maximum absolute atomic E-state index is 12.3. The lowest BCUT2D eigenvalue weighted by Crippen LogP contribution is -2.35. The summed E-state index contributed by atoms with van der Waals surface area (Å²) in [6.07, 6.45) is 0.680. The number of rotatable bonds is 10. The molecular formula is C26H29N3O6. The Kier molecular flexibility index (Phi) is 8.03. The molecule has 0 aliphatic carbocycles. The van der Waals surface area contributed by atoms with Gasteiger partial charge in [-0.15, -0.1) is 0 Å². The van der Waals surface area contributed by atoms with Crippen LogP contribution < -0.4 is 0 Å². The van der Waals surface area contributed by atoms with Crippen LogP contribution in [0, 0.1) is 10.1 Å². The third-order valence-electron chi connectivity index (χ3n) is 6.26. The number of benzene rings is 2. The summed E-state index contributed by atoms with van der Waals surface area (Å²) in [5.41, 5.74) is 1.90. The third kappa shape index (κ3) is 5.75. The Morgan fingerprint density at radius 1 is 1.00 bits per heavy atom. The predicted molar refractivity (Wildman–Crippen MR) is 131 cm³/mol. The van der Waals surface area contributed by atoms with Gasteiger partial charge in [0, 0.05) is 36.6 Å². The fourth-order valence-corrected chi connectivity index (χ4v) is 4.62. The van der Waals surface area contributed by atoms with E-state index in [9.17, 15) is 29.9 Å². The maximum Gasteiger partial charge on any atom is 0.334 e. The van der Waals surface area contributed by atoms with Gasteiger partial charge in [0.25, 0.3) is 5.69 Å². The molecule has 0 aromatic heterocycles. The van der Waals surface area contributed by atoms with Crippen molar-refractivity contribution in [2.75, 3.05) is 20.1 Å². The van der Waals surface area contributed by atoms with Gasteiger partial charge < -0.3 is 20.0 Å². The van der Waals surface area contributed by atoms with Crippen LogP contribution in [0.15, 0.2) is 77.1 Å². The van der Waals surface area contributed by atoms with Crippen molar-refractivity contribution in [3.8, 4) is 0 Å². The Balaban J connectivity index is 1.90. The van der Waals surface area contributed by atoms with Gasteiger partial charge in [0.15, 0.2) is 0 Å². The van der Waals surface area contributed by atoms with Gasteiger partial charge >= 0.3 is 11.9 Å². The smallest absolute Gasteiger partial charge is 0.334 e. The van der Waals surface area contributed by atoms with Crippen molar-refractivity contribution >= 4 is 17.6 Å². The normalized spacial score (nSPS) is 14.6. The molecule has 2 N–H and O–H groups in total. The van der Waals surface area contributed by atoms with Gasteiger partial charge in [0.1, 0.15) is 0 Å². The molecule has 3 rings (SSSR count). The molecule has 9 nitrogen and oxygen atoms in total. The maximum atomic E-state index is 12.3. The van der Waals surface area contributed by atoms with Gasteiger partial charge in [-0.2, -0.15) is 0 Å². The first-order valence-corrected chi connectivity index (χ1v) is 11.2. The Labute approximate surface area is 203 Å². The van der Waals surface area contributed by atoms with Crippen LogP contribution in [0.2, 0.25) is 0 Å². The lowest BCUT2D eigenvalue weighted by atomic mass is 9.79. The minimum atomic E-state index is -1.25. The number of nitro benzene ring substituents is 1. The highest BCUT2D eigenvalue weighted by atomic mass is 16.6. The van der Waals surface area contributed by atoms with Gasteiger partial charge in [0.2, 0.25) is 0 Å². The van der Waals surface area contributed by atoms with Gasteiger partial charge in [0.05, 0.1) is 22.0 Å². The molecule has 0 bridgehead atoms. The highest BCUT2D eigenvalue weighted by molar-refractivity contribution is 5.98. The Hall–Kier alpha value is -3.98. The molecule has 0 spiro atoms. The highest BCUT2D eigenvalue weighted by Gasteiger charge is 2.39. The summed E-state index contributed by atoms with van der Waals surface area (Å²) in [5.74, 6) is -3.63. The van der Waals surface area contributed by atoms with Gasteiger partial charge in [-0.3, -0.25) is 10.1 Å². The molecular weight excluding hydrogens is 450 g/mol. The van der Waals surface area contributed by atoms with Crippen molar-refractivity contribution in [3.63, 3.8) is 0 Å². The standard InChI is InChI=1S/C26H29N3O6/c1-17-22(25(30)31)24(20-11-7-12-21(15-20)29(34)35)23(26(32)33)18(2)28(17)14-8-13-27(3)16-19-9-5-4-6-10-19/h4-7,9-12,15,24H,8,13-14,16H2,1-3H3,(H,30,31)(H,32,33). The number of carboxylic acids is 2. The quantitative estimate of drug-likeness (QED) is 0.383. The molecule has 2 aromatic carbocycles. The van der Waals surface area contributed by atoms with Crippen LogP contribution in [-0.2, 0) is 16.1 Å². The topological polar surface area (TPSA) is 124 Å². The molecule has 1 aliphatic rings. The molecule has 2 aromatic rings. The molecule has 0 saturated carbocycles. The Morgan fingerprint density at radius 3 is 2.14 bits per heavy atom. The number of carboxylic acid groups (broad SMARTS) is 2. The zero-order chi connectivity index (χ0) is 25.7. The molecule has 1 heterocycles. The number of non-ortho nitro benzene ring substituents is 1. The van der Waals surface area contributed by atoms with E-state index in [1.54, 1.807) is 18.7 Å². The molecule has 0 fully saturated rings. The number of nitrogens with zero attached hydrogens (tertiary/aromatic N) is 3. The van der Waals surface area contributed by atoms with Gasteiger partial charge in [-0.05, 0) is 45.0 Å². The van der Waals surface area contributed by atoms with Crippen molar-refractivity contribution in [2.45, 2.75) is 32.7 Å². The van der Waals surface area contributed by atoms with E-state index in [0.717, 1.165) is 13.1 Å². The largest absolute Gasteiger partial charge is 0.478 e. The zero-order valence-corrected chi connectivity index (χ0v) is 20.0. The highest BCUT2D eigenvalue weighted by Crippen LogP contribution is 2.42. The fraction of sp³-hybridized carbons (Fsp3) is 0.308. The average Bonchev–Trinajstić information content (AvgIpc) is 2.81. The number of allylic oxidation sites excluding steroid dienone is 2. The molecule has 1 aliphatic heterocycles. The van der Waals surface area contributed by atoms with Gasteiger partial charge in [-0.1, -0.05) is 42.5 Å². The van der Waals surface area contributed by atoms with Crippen LogP contribution in [0.4, 0.5) is 5.69 Å². The van der Waals surface area contributed by atoms with Crippen molar-refractivity contribution in [3.05, 3.63) is 98.4 Å². The van der Waals surface area contributed by atoms with Crippen LogP contribution in [0.3, 0.4) is 0 Å². The molecule has 0 radical (unpaired) electrons. The predicted octanol–water partition coefficient (Wildman–Crippen LogP) is 4.23. The summed E-state index contributed by atoms with van der Waals surface area (Å²) in [5, 5.41) is 31.4. The fourth-order valence-electron chi connectivity index (χ4n) is 4.62. The first-order valence-electron chi connectivity index (χ1n) is 11.2. The molecule has 0 unspecified atom stereocenters. The summed E-state index contributed by atoms with van der Waals surface area (Å²) in [6, 6.07) is 15.5. The zero-order valence-electron chi connectivity index (χ0n) is 20.0. The molecule has 0 atom stereocenters. The van der Waals surface area contributed by atoms with E-state index in [2.05, 4.69) is 4.90 Å². The van der Waals surface area contributed by atoms with E-state index < -0.39 is 22.8 Å². The van der Waals surface area contributed by atoms with E-state index in [-0.39, 0.29) is 22.4 Å². The number of aliphatic carboxylic acids is 2. The van der Waals surface area contributed by atoms with Crippen LogP contribution in [0.1, 0.15) is 37.3 Å². The molecule has 0 amide bonds. The van der Waals surface area contributed by atoms with Crippen LogP contribution in [0.5, 0.6) is 0 Å². The first-order chi connectivity index (χ1) is 16.6. The molecule has 9 heteroatoms. The summed E-state index contributed by atoms with van der Waals surface area (Å²) in [4.78, 5) is 39.2. The summed E-state index contributed by atoms with van der Waals surface area (Å²) < 4.78 is 0. The number of carbonyl (C=O) groups is 2. The van der Waals surface area contributed by atoms with Crippen molar-refractivity contribution in [1.82, 2.24) is 9.80 Å². The number of hydrogen-bond acceptors (Lipinski definition) is 6. The van der Waals surface area contributed by atoms with E-state index in [1.165, 1.54) is 29.8 Å². The third-order valence-corrected chi connectivity index (χ3v) is 6.26. The van der Waals surface area contributed by atoms with Gasteiger partial charge in [-0.25, -0.2) is 9.59 Å². The van der Waals surface area contributed by atoms with E-state index >= 15 is 0 Å². The minimum Gasteiger partial charge on any atom is -0.478 e. The second-order valence-corrected chi connectivity index (χ2v) is 8.62. The second kappa shape index (κ2) is 11.0. The molecule has 0 saturated heterocycles. The lowest BCUT2D eigenvalue weighted by molar-refractivity contribution is -0.384. The monoisotopic (exact) mass is 479 g/mol. The first kappa shape index (κ1) is 25.6. The summed E-state index contributed by atoms with van der Waals surface area (Å²) in [7, 11) is 2.00. The number of nitro groups is 1. The molecule has 184 valence electrons. The minimum absolute atomic E-state index is 0.0915. The summed E-state index contributed by atoms with van der Waals surface area (Å²) >= 11 is 0. The second-order valence-electron chi connectivity index (χ2n) is 8.62. The van der Waals surface area contributed by atoms with Crippen molar-refractivity contribution in [1.29, 1.82) is 0 Å².